The van der Waals surface area contributed by atoms with Crippen LogP contribution in [0.2, 0.25) is 0 Å². The smallest absolute Gasteiger partial charge is 0.230 e. The van der Waals surface area contributed by atoms with E-state index in [1.165, 1.54) is 4.90 Å². The molecular weight excluding hydrogens is 198 g/mol. The largest absolute Gasteiger partial charge is 0.409 e. The van der Waals surface area contributed by atoms with Gasteiger partial charge in [0.25, 0.3) is 0 Å². The van der Waals surface area contributed by atoms with Gasteiger partial charge in [0, 0.05) is 13.1 Å². The summed E-state index contributed by atoms with van der Waals surface area (Å²) in [5.74, 6) is -0.399. The number of amidine groups is 1. The van der Waals surface area contributed by atoms with Crippen LogP contribution in [0.25, 0.3) is 0 Å². The van der Waals surface area contributed by atoms with E-state index in [1.54, 1.807) is 20.8 Å². The first-order chi connectivity index (χ1) is 6.80. The normalized spacial score (nSPS) is 12.7. The van der Waals surface area contributed by atoms with Crippen LogP contribution in [0, 0.1) is 0 Å². The molecule has 0 aliphatic carbocycles. The number of hydrogen-bond acceptors (Lipinski definition) is 4. The number of nitrogens with two attached hydrogens (primary N) is 1. The van der Waals surface area contributed by atoms with Crippen LogP contribution >= 0.6 is 0 Å². The highest BCUT2D eigenvalue weighted by molar-refractivity contribution is 5.98. The van der Waals surface area contributed by atoms with Crippen LogP contribution in [0.5, 0.6) is 0 Å². The third-order valence-corrected chi connectivity index (χ3v) is 1.77. The van der Waals surface area contributed by atoms with E-state index < -0.39 is 5.60 Å². The second-order valence-electron chi connectivity index (χ2n) is 3.99. The Hall–Kier alpha value is -1.30. The fourth-order valence-corrected chi connectivity index (χ4v) is 1.15. The van der Waals surface area contributed by atoms with E-state index in [4.69, 9.17) is 10.9 Å². The van der Waals surface area contributed by atoms with Gasteiger partial charge < -0.3 is 20.9 Å². The van der Waals surface area contributed by atoms with Gasteiger partial charge in [-0.15, -0.1) is 0 Å². The minimum Gasteiger partial charge on any atom is -0.409 e. The van der Waals surface area contributed by atoms with Gasteiger partial charge >= 0.3 is 0 Å². The molecule has 1 amide bonds. The van der Waals surface area contributed by atoms with E-state index in [9.17, 15) is 9.90 Å². The summed E-state index contributed by atoms with van der Waals surface area (Å²) in [4.78, 5) is 13.0. The number of carbonyl (C=O) groups excluding carboxylic acids is 1. The van der Waals surface area contributed by atoms with Crippen LogP contribution in [0.15, 0.2) is 5.16 Å². The van der Waals surface area contributed by atoms with Crippen molar-refractivity contribution < 1.29 is 15.1 Å². The molecule has 0 atom stereocenters. The second-order valence-corrected chi connectivity index (χ2v) is 3.99. The van der Waals surface area contributed by atoms with Gasteiger partial charge in [0.15, 0.2) is 0 Å². The van der Waals surface area contributed by atoms with Crippen molar-refractivity contribution in [2.75, 3.05) is 13.1 Å². The lowest BCUT2D eigenvalue weighted by Gasteiger charge is -2.27. The predicted octanol–water partition coefficient (Wildman–Crippen LogP) is -0.258. The molecule has 4 N–H and O–H groups in total. The molecule has 0 radical (unpaired) electrons. The van der Waals surface area contributed by atoms with Gasteiger partial charge in [-0.25, -0.2) is 0 Å². The Labute approximate surface area is 89.4 Å². The molecule has 0 aromatic carbocycles. The Morgan fingerprint density at radius 3 is 2.40 bits per heavy atom. The minimum absolute atomic E-state index is 0.130. The quantitative estimate of drug-likeness (QED) is 0.256. The van der Waals surface area contributed by atoms with Crippen molar-refractivity contribution in [3.63, 3.8) is 0 Å². The zero-order valence-corrected chi connectivity index (χ0v) is 9.40. The SMILES string of the molecule is CCN(CC(C)(C)O)C(=O)CC(N)=NO. The number of oxime groups is 1. The summed E-state index contributed by atoms with van der Waals surface area (Å²) in [5, 5.41) is 20.6. The minimum atomic E-state index is -0.948. The van der Waals surface area contributed by atoms with Crippen LogP contribution in [-0.2, 0) is 4.79 Å². The molecule has 0 aromatic rings. The zero-order chi connectivity index (χ0) is 12.1. The van der Waals surface area contributed by atoms with Crippen LogP contribution in [0.4, 0.5) is 0 Å². The van der Waals surface area contributed by atoms with Crippen LogP contribution in [-0.4, -0.2) is 45.6 Å². The van der Waals surface area contributed by atoms with Crippen molar-refractivity contribution in [2.24, 2.45) is 10.9 Å². The molecule has 0 aromatic heterocycles. The molecule has 0 saturated carbocycles. The maximum atomic E-state index is 11.6. The van der Waals surface area contributed by atoms with Crippen molar-refractivity contribution in [3.05, 3.63) is 0 Å². The molecule has 0 unspecified atom stereocenters. The highest BCUT2D eigenvalue weighted by Crippen LogP contribution is 2.06. The van der Waals surface area contributed by atoms with E-state index in [0.717, 1.165) is 0 Å². The van der Waals surface area contributed by atoms with Crippen LogP contribution < -0.4 is 5.73 Å². The highest BCUT2D eigenvalue weighted by Gasteiger charge is 2.21. The summed E-state index contributed by atoms with van der Waals surface area (Å²) >= 11 is 0. The van der Waals surface area contributed by atoms with Gasteiger partial charge in [0.2, 0.25) is 5.91 Å². The molecule has 0 aliphatic heterocycles. The van der Waals surface area contributed by atoms with Gasteiger partial charge in [0.1, 0.15) is 5.84 Å². The standard InChI is InChI=1S/C9H19N3O3/c1-4-12(6-9(2,3)14)8(13)5-7(10)11-15/h14-15H,4-6H2,1-3H3,(H2,10,11). The summed E-state index contributed by atoms with van der Waals surface area (Å²) in [6, 6.07) is 0. The molecular formula is C9H19N3O3. The molecule has 0 spiro atoms. The molecule has 0 aliphatic rings. The maximum Gasteiger partial charge on any atom is 0.230 e. The summed E-state index contributed by atoms with van der Waals surface area (Å²) in [7, 11) is 0. The van der Waals surface area contributed by atoms with E-state index in [2.05, 4.69) is 5.16 Å². The van der Waals surface area contributed by atoms with Crippen molar-refractivity contribution in [1.82, 2.24) is 4.90 Å². The van der Waals surface area contributed by atoms with Crippen molar-refractivity contribution in [1.29, 1.82) is 0 Å². The van der Waals surface area contributed by atoms with E-state index in [1.807, 2.05) is 0 Å². The maximum absolute atomic E-state index is 11.6. The Morgan fingerprint density at radius 1 is 1.53 bits per heavy atom. The summed E-state index contributed by atoms with van der Waals surface area (Å²) in [5.41, 5.74) is 4.27. The van der Waals surface area contributed by atoms with Gasteiger partial charge in [-0.05, 0) is 20.8 Å². The number of nitrogens with zero attached hydrogens (tertiary/aromatic N) is 2. The summed E-state index contributed by atoms with van der Waals surface area (Å²) < 4.78 is 0. The van der Waals surface area contributed by atoms with Gasteiger partial charge in [0.05, 0.1) is 12.0 Å². The first-order valence-corrected chi connectivity index (χ1v) is 4.76. The number of aliphatic hydroxyl groups is 1. The predicted molar refractivity (Wildman–Crippen MR) is 56.6 cm³/mol. The monoisotopic (exact) mass is 217 g/mol. The molecule has 0 saturated heterocycles. The van der Waals surface area contributed by atoms with Crippen LogP contribution in [0.3, 0.4) is 0 Å². The fraction of sp³-hybridized carbons (Fsp3) is 0.778. The first kappa shape index (κ1) is 13.7. The van der Waals surface area contributed by atoms with Crippen molar-refractivity contribution in [3.8, 4) is 0 Å². The topological polar surface area (TPSA) is 99.2 Å². The van der Waals surface area contributed by atoms with Crippen LogP contribution in [0.1, 0.15) is 27.2 Å². The Kier molecular flexibility index (Phi) is 5.07. The Balaban J connectivity index is 4.36. The van der Waals surface area contributed by atoms with E-state index >= 15 is 0 Å². The lowest BCUT2D eigenvalue weighted by atomic mass is 10.1. The first-order valence-electron chi connectivity index (χ1n) is 4.76. The average molecular weight is 217 g/mol. The Morgan fingerprint density at radius 2 is 2.07 bits per heavy atom. The lowest BCUT2D eigenvalue weighted by molar-refractivity contribution is -0.132. The third kappa shape index (κ3) is 5.90. The molecule has 6 nitrogen and oxygen atoms in total. The number of hydrogen-bond donors (Lipinski definition) is 3. The van der Waals surface area contributed by atoms with Gasteiger partial charge in [-0.2, -0.15) is 0 Å². The van der Waals surface area contributed by atoms with Gasteiger partial charge in [-0.3, -0.25) is 4.79 Å². The zero-order valence-electron chi connectivity index (χ0n) is 9.40. The van der Waals surface area contributed by atoms with Crippen molar-refractivity contribution >= 4 is 11.7 Å². The second kappa shape index (κ2) is 5.55. The van der Waals surface area contributed by atoms with E-state index in [-0.39, 0.29) is 24.7 Å². The molecule has 0 heterocycles. The van der Waals surface area contributed by atoms with E-state index in [0.29, 0.717) is 6.54 Å². The Bertz CT molecular complexity index is 245. The number of rotatable bonds is 5. The molecule has 15 heavy (non-hydrogen) atoms. The molecule has 0 fully saturated rings. The molecule has 6 heteroatoms. The number of amides is 1. The fourth-order valence-electron chi connectivity index (χ4n) is 1.15. The molecule has 88 valence electrons. The summed E-state index contributed by atoms with van der Waals surface area (Å²) in [6.45, 7) is 5.73. The molecule has 0 bridgehead atoms. The number of carbonyl (C=O) groups is 1. The number of likely N-dealkylation sites (N-methyl/N-ethyl adjacent to an activating group) is 1. The average Bonchev–Trinajstić information content (AvgIpc) is 2.12. The van der Waals surface area contributed by atoms with Crippen molar-refractivity contribution in [2.45, 2.75) is 32.8 Å². The van der Waals surface area contributed by atoms with Gasteiger partial charge in [-0.1, -0.05) is 5.16 Å². The lowest BCUT2D eigenvalue weighted by Crippen LogP contribution is -2.43. The molecule has 0 rings (SSSR count). The summed E-state index contributed by atoms with van der Waals surface area (Å²) in [6.07, 6.45) is -0.138. The highest BCUT2D eigenvalue weighted by atomic mass is 16.4. The third-order valence-electron chi connectivity index (χ3n) is 1.77.